The minimum atomic E-state index is -3.44. The minimum absolute atomic E-state index is 0.0866. The molecule has 0 aliphatic carbocycles. The number of halogens is 1. The summed E-state index contributed by atoms with van der Waals surface area (Å²) in [4.78, 5) is 24.6. The number of sulfonamides is 1. The molecule has 0 saturated carbocycles. The highest BCUT2D eigenvalue weighted by Gasteiger charge is 2.23. The summed E-state index contributed by atoms with van der Waals surface area (Å²) in [7, 11) is -3.44. The largest absolute Gasteiger partial charge is 0.383 e. The summed E-state index contributed by atoms with van der Waals surface area (Å²) in [6.07, 6.45) is 5.82. The van der Waals surface area contributed by atoms with E-state index in [4.69, 9.17) is 15.7 Å². The Morgan fingerprint density at radius 1 is 1.02 bits per heavy atom. The molecule has 3 N–H and O–H groups in total. The fraction of sp³-hybridized carbons (Fsp3) is 0.207. The van der Waals surface area contributed by atoms with E-state index in [9.17, 15) is 12.8 Å². The third-order valence-electron chi connectivity index (χ3n) is 7.17. The van der Waals surface area contributed by atoms with Crippen LogP contribution in [-0.2, 0) is 16.6 Å². The van der Waals surface area contributed by atoms with Crippen LogP contribution in [0.15, 0.2) is 79.1 Å². The number of nitrogens with zero attached hydrogens (tertiary/aromatic N) is 7. The number of anilines is 1. The quantitative estimate of drug-likeness (QED) is 0.278. The van der Waals surface area contributed by atoms with Crippen molar-refractivity contribution in [2.24, 2.45) is 0 Å². The zero-order chi connectivity index (χ0) is 29.3. The maximum Gasteiger partial charge on any atom is 0.233 e. The Balaban J connectivity index is 1.30. The van der Waals surface area contributed by atoms with Crippen LogP contribution in [0.1, 0.15) is 18.4 Å². The van der Waals surface area contributed by atoms with E-state index in [1.807, 2.05) is 34.9 Å². The van der Waals surface area contributed by atoms with E-state index in [1.54, 1.807) is 18.5 Å². The second-order valence-corrected chi connectivity index (χ2v) is 11.7. The maximum absolute atomic E-state index is 13.5. The average Bonchev–Trinajstić information content (AvgIpc) is 3.37. The molecule has 0 bridgehead atoms. The van der Waals surface area contributed by atoms with E-state index < -0.39 is 15.8 Å². The van der Waals surface area contributed by atoms with Crippen molar-refractivity contribution in [3.63, 3.8) is 0 Å². The molecule has 1 aromatic carbocycles. The number of pyridine rings is 2. The molecule has 1 saturated heterocycles. The lowest BCUT2D eigenvalue weighted by Crippen LogP contribution is -2.43. The van der Waals surface area contributed by atoms with E-state index >= 15 is 0 Å². The topological polar surface area (TPSA) is 145 Å². The minimum Gasteiger partial charge on any atom is -0.383 e. The number of benzene rings is 1. The van der Waals surface area contributed by atoms with Crippen LogP contribution in [0.2, 0.25) is 0 Å². The zero-order valence-electron chi connectivity index (χ0n) is 22.6. The first kappa shape index (κ1) is 27.6. The van der Waals surface area contributed by atoms with Gasteiger partial charge < -0.3 is 5.73 Å². The second kappa shape index (κ2) is 11.4. The molecule has 0 unspecified atom stereocenters. The summed E-state index contributed by atoms with van der Waals surface area (Å²) >= 11 is 0. The van der Waals surface area contributed by atoms with Gasteiger partial charge in [-0.15, -0.1) is 0 Å². The van der Waals surface area contributed by atoms with Crippen LogP contribution in [0.3, 0.4) is 0 Å². The first-order valence-electron chi connectivity index (χ1n) is 13.3. The Labute approximate surface area is 242 Å². The van der Waals surface area contributed by atoms with Crippen molar-refractivity contribution in [2.45, 2.75) is 25.4 Å². The van der Waals surface area contributed by atoms with Gasteiger partial charge in [0.05, 0.1) is 18.0 Å². The molecule has 42 heavy (non-hydrogen) atoms. The highest BCUT2D eigenvalue weighted by molar-refractivity contribution is 7.92. The van der Waals surface area contributed by atoms with E-state index in [0.29, 0.717) is 39.9 Å². The molecule has 0 radical (unpaired) electrons. The number of nitrogens with one attached hydrogen (secondary N) is 1. The van der Waals surface area contributed by atoms with Crippen LogP contribution in [0.25, 0.3) is 39.8 Å². The van der Waals surface area contributed by atoms with Gasteiger partial charge in [-0.3, -0.25) is 9.47 Å². The second-order valence-electron chi connectivity index (χ2n) is 10.0. The van der Waals surface area contributed by atoms with Crippen LogP contribution < -0.4 is 10.5 Å². The predicted molar refractivity (Wildman–Crippen MR) is 158 cm³/mol. The molecule has 0 atom stereocenters. The van der Waals surface area contributed by atoms with Gasteiger partial charge in [0.2, 0.25) is 10.0 Å². The molecule has 6 rings (SSSR count). The zero-order valence-corrected chi connectivity index (χ0v) is 23.4. The van der Waals surface area contributed by atoms with Gasteiger partial charge in [0.1, 0.15) is 22.8 Å². The van der Waals surface area contributed by atoms with Crippen molar-refractivity contribution in [3.8, 4) is 28.6 Å². The van der Waals surface area contributed by atoms with E-state index in [0.717, 1.165) is 55.3 Å². The highest BCUT2D eigenvalue weighted by Crippen LogP contribution is 2.31. The third kappa shape index (κ3) is 5.75. The van der Waals surface area contributed by atoms with E-state index in [1.165, 1.54) is 12.1 Å². The fourth-order valence-electron chi connectivity index (χ4n) is 5.04. The Morgan fingerprint density at radius 3 is 2.50 bits per heavy atom. The van der Waals surface area contributed by atoms with Crippen LogP contribution in [0.4, 0.5) is 10.2 Å². The summed E-state index contributed by atoms with van der Waals surface area (Å²) < 4.78 is 41.7. The monoisotopic (exact) mass is 585 g/mol. The van der Waals surface area contributed by atoms with Gasteiger partial charge in [-0.1, -0.05) is 18.7 Å². The molecule has 0 spiro atoms. The Hall–Kier alpha value is -4.59. The van der Waals surface area contributed by atoms with Crippen molar-refractivity contribution in [3.05, 3.63) is 90.5 Å². The molecule has 13 heteroatoms. The summed E-state index contributed by atoms with van der Waals surface area (Å²) in [6.45, 7) is 5.65. The number of likely N-dealkylation sites (tertiary alicyclic amines) is 1. The number of imidazole rings is 1. The molecule has 1 fully saturated rings. The Kier molecular flexibility index (Phi) is 7.45. The molecule has 0 amide bonds. The van der Waals surface area contributed by atoms with Crippen LogP contribution >= 0.6 is 0 Å². The normalized spacial score (nSPS) is 14.8. The van der Waals surface area contributed by atoms with Gasteiger partial charge in [0, 0.05) is 43.0 Å². The molecule has 5 heterocycles. The third-order valence-corrected chi connectivity index (χ3v) is 8.28. The van der Waals surface area contributed by atoms with Gasteiger partial charge in [-0.25, -0.2) is 42.5 Å². The molecule has 1 aliphatic rings. The number of fused-ring (bicyclic) bond motifs is 1. The molecule has 5 aromatic rings. The molecule has 214 valence electrons. The fourth-order valence-corrected chi connectivity index (χ4v) is 5.83. The summed E-state index contributed by atoms with van der Waals surface area (Å²) in [6, 6.07) is 14.5. The predicted octanol–water partition coefficient (Wildman–Crippen LogP) is 3.69. The number of rotatable bonds is 8. The van der Waals surface area contributed by atoms with E-state index in [2.05, 4.69) is 31.2 Å². The van der Waals surface area contributed by atoms with Gasteiger partial charge in [-0.05, 0) is 54.8 Å². The number of aromatic nitrogens is 6. The van der Waals surface area contributed by atoms with Crippen molar-refractivity contribution >= 4 is 27.0 Å². The van der Waals surface area contributed by atoms with Crippen LogP contribution in [-0.4, -0.2) is 61.9 Å². The lowest BCUT2D eigenvalue weighted by Gasteiger charge is -2.32. The highest BCUT2D eigenvalue weighted by atomic mass is 32.2. The number of piperidine rings is 1. The Bertz CT molecular complexity index is 1850. The number of nitrogen functional groups attached to an aromatic ring is 1. The van der Waals surface area contributed by atoms with Gasteiger partial charge in [0.15, 0.2) is 17.3 Å². The Morgan fingerprint density at radius 2 is 1.81 bits per heavy atom. The molecule has 1 aliphatic heterocycles. The molecular weight excluding hydrogens is 557 g/mol. The number of nitrogens with two attached hydrogens (primary N) is 1. The lowest BCUT2D eigenvalue weighted by atomic mass is 10.1. The van der Waals surface area contributed by atoms with Crippen molar-refractivity contribution in [1.29, 1.82) is 0 Å². The van der Waals surface area contributed by atoms with Crippen molar-refractivity contribution < 1.29 is 12.8 Å². The summed E-state index contributed by atoms with van der Waals surface area (Å²) in [5.41, 5.74) is 10.3. The lowest BCUT2D eigenvalue weighted by molar-refractivity contribution is 0.200. The SMILES string of the molecule is C=CS(=O)(=O)NC1CCN(Cc2ccc(-n3c(-c4cccnc4N)nc4cnc(-c5ccc(F)cn5)nc43)cc2)CC1. The van der Waals surface area contributed by atoms with Gasteiger partial charge >= 0.3 is 0 Å². The molecular formula is C29H28FN9O2S. The van der Waals surface area contributed by atoms with Crippen molar-refractivity contribution in [2.75, 3.05) is 18.8 Å². The molecule has 11 nitrogen and oxygen atoms in total. The smallest absolute Gasteiger partial charge is 0.233 e. The molecule has 4 aromatic heterocycles. The van der Waals surface area contributed by atoms with Crippen LogP contribution in [0.5, 0.6) is 0 Å². The standard InChI is InChI=1S/C29H28FN9O2S/c1-2-42(40,41)37-21-11-14-38(15-12-21)18-19-5-8-22(9-6-19)39-28(23-4-3-13-32-26(23)31)35-25-17-34-27(36-29(25)39)24-10-7-20(30)16-33-24/h2-10,13,16-17,21,37H,1,11-12,14-15,18H2,(H2,31,32). The first-order valence-corrected chi connectivity index (χ1v) is 14.9. The number of hydrogen-bond acceptors (Lipinski definition) is 9. The summed E-state index contributed by atoms with van der Waals surface area (Å²) in [5.74, 6) is 0.787. The van der Waals surface area contributed by atoms with Gasteiger partial charge in [0.25, 0.3) is 0 Å². The first-order chi connectivity index (χ1) is 20.3. The maximum atomic E-state index is 13.5. The van der Waals surface area contributed by atoms with E-state index in [-0.39, 0.29) is 6.04 Å². The van der Waals surface area contributed by atoms with Gasteiger partial charge in [-0.2, -0.15) is 0 Å². The average molecular weight is 586 g/mol. The summed E-state index contributed by atoms with van der Waals surface area (Å²) in [5, 5.41) is 0.949. The van der Waals surface area contributed by atoms with Crippen molar-refractivity contribution in [1.82, 2.24) is 39.1 Å². The number of hydrogen-bond donors (Lipinski definition) is 2. The van der Waals surface area contributed by atoms with Crippen LogP contribution in [0, 0.1) is 5.82 Å².